The molecule has 0 amide bonds. The SMILES string of the molecule is CCN(Cc1ccccc1)C(C)c1nc2ccc(C)cc2[nH]1. The number of H-pyrrole nitrogens is 1. The van der Waals surface area contributed by atoms with Gasteiger partial charge in [0.1, 0.15) is 5.82 Å². The van der Waals surface area contributed by atoms with E-state index in [0.717, 1.165) is 29.9 Å². The van der Waals surface area contributed by atoms with Gasteiger partial charge in [-0.2, -0.15) is 0 Å². The molecule has 0 radical (unpaired) electrons. The molecule has 3 rings (SSSR count). The molecule has 0 fully saturated rings. The molecule has 3 aromatic rings. The standard InChI is InChI=1S/C19H23N3/c1-4-22(13-16-8-6-5-7-9-16)15(3)19-20-17-11-10-14(2)12-18(17)21-19/h5-12,15H,4,13H2,1-3H3,(H,20,21). The fraction of sp³-hybridized carbons (Fsp3) is 0.316. The number of aryl methyl sites for hydroxylation is 1. The van der Waals surface area contributed by atoms with E-state index in [1.807, 2.05) is 0 Å². The third kappa shape index (κ3) is 3.04. The van der Waals surface area contributed by atoms with Crippen molar-refractivity contribution in [3.05, 3.63) is 65.5 Å². The van der Waals surface area contributed by atoms with Crippen LogP contribution >= 0.6 is 0 Å². The number of nitrogens with zero attached hydrogens (tertiary/aromatic N) is 2. The van der Waals surface area contributed by atoms with Crippen LogP contribution in [0.15, 0.2) is 48.5 Å². The Morgan fingerprint density at radius 1 is 1.14 bits per heavy atom. The van der Waals surface area contributed by atoms with Gasteiger partial charge in [-0.3, -0.25) is 4.90 Å². The quantitative estimate of drug-likeness (QED) is 0.753. The van der Waals surface area contributed by atoms with Gasteiger partial charge in [-0.25, -0.2) is 4.98 Å². The van der Waals surface area contributed by atoms with Crippen LogP contribution in [0.2, 0.25) is 0 Å². The van der Waals surface area contributed by atoms with E-state index in [-0.39, 0.29) is 6.04 Å². The largest absolute Gasteiger partial charge is 0.341 e. The zero-order valence-corrected chi connectivity index (χ0v) is 13.5. The molecule has 1 aromatic heterocycles. The van der Waals surface area contributed by atoms with Crippen LogP contribution in [0, 0.1) is 6.92 Å². The minimum Gasteiger partial charge on any atom is -0.341 e. The molecular weight excluding hydrogens is 270 g/mol. The van der Waals surface area contributed by atoms with Crippen LogP contribution in [0.5, 0.6) is 0 Å². The number of hydrogen-bond acceptors (Lipinski definition) is 2. The van der Waals surface area contributed by atoms with Gasteiger partial charge in [0.15, 0.2) is 0 Å². The summed E-state index contributed by atoms with van der Waals surface area (Å²) >= 11 is 0. The van der Waals surface area contributed by atoms with Crippen molar-refractivity contribution >= 4 is 11.0 Å². The average molecular weight is 293 g/mol. The molecule has 22 heavy (non-hydrogen) atoms. The molecule has 114 valence electrons. The van der Waals surface area contributed by atoms with E-state index in [4.69, 9.17) is 4.98 Å². The van der Waals surface area contributed by atoms with Crippen LogP contribution < -0.4 is 0 Å². The smallest absolute Gasteiger partial charge is 0.124 e. The van der Waals surface area contributed by atoms with Crippen LogP contribution in [0.4, 0.5) is 0 Å². The second-order valence-corrected chi connectivity index (χ2v) is 5.87. The van der Waals surface area contributed by atoms with Gasteiger partial charge in [-0.15, -0.1) is 0 Å². The summed E-state index contributed by atoms with van der Waals surface area (Å²) in [6.45, 7) is 8.46. The number of aromatic amines is 1. The van der Waals surface area contributed by atoms with E-state index in [9.17, 15) is 0 Å². The Balaban J connectivity index is 1.84. The number of benzene rings is 2. The van der Waals surface area contributed by atoms with Gasteiger partial charge in [0, 0.05) is 6.54 Å². The molecule has 0 aliphatic heterocycles. The summed E-state index contributed by atoms with van der Waals surface area (Å²) in [7, 11) is 0. The van der Waals surface area contributed by atoms with Crippen molar-refractivity contribution in [3.8, 4) is 0 Å². The lowest BCUT2D eigenvalue weighted by Gasteiger charge is -2.26. The minimum absolute atomic E-state index is 0.262. The van der Waals surface area contributed by atoms with Gasteiger partial charge in [0.2, 0.25) is 0 Å². The first-order chi connectivity index (χ1) is 10.7. The van der Waals surface area contributed by atoms with Crippen molar-refractivity contribution in [2.75, 3.05) is 6.54 Å². The summed E-state index contributed by atoms with van der Waals surface area (Å²) in [5, 5.41) is 0. The first-order valence-corrected chi connectivity index (χ1v) is 7.91. The number of nitrogens with one attached hydrogen (secondary N) is 1. The van der Waals surface area contributed by atoms with E-state index >= 15 is 0 Å². The average Bonchev–Trinajstić information content (AvgIpc) is 2.96. The molecule has 0 aliphatic rings. The molecule has 1 N–H and O–H groups in total. The van der Waals surface area contributed by atoms with Crippen LogP contribution in [-0.4, -0.2) is 21.4 Å². The third-order valence-electron chi connectivity index (χ3n) is 4.23. The van der Waals surface area contributed by atoms with E-state index in [1.165, 1.54) is 11.1 Å². The molecule has 2 aromatic carbocycles. The predicted molar refractivity (Wildman–Crippen MR) is 91.8 cm³/mol. The van der Waals surface area contributed by atoms with Crippen LogP contribution in [0.25, 0.3) is 11.0 Å². The number of imidazole rings is 1. The van der Waals surface area contributed by atoms with Crippen molar-refractivity contribution in [1.29, 1.82) is 0 Å². The van der Waals surface area contributed by atoms with Gasteiger partial charge in [-0.05, 0) is 43.7 Å². The molecule has 0 aliphatic carbocycles. The van der Waals surface area contributed by atoms with Crippen molar-refractivity contribution in [2.45, 2.75) is 33.4 Å². The Labute approximate surface area is 132 Å². The molecule has 3 heteroatoms. The Bertz CT molecular complexity index is 746. The highest BCUT2D eigenvalue weighted by molar-refractivity contribution is 5.75. The maximum absolute atomic E-state index is 4.77. The maximum atomic E-state index is 4.77. The maximum Gasteiger partial charge on any atom is 0.124 e. The van der Waals surface area contributed by atoms with Crippen molar-refractivity contribution in [3.63, 3.8) is 0 Å². The van der Waals surface area contributed by atoms with Crippen LogP contribution in [-0.2, 0) is 6.54 Å². The number of fused-ring (bicyclic) bond motifs is 1. The minimum atomic E-state index is 0.262. The lowest BCUT2D eigenvalue weighted by atomic mass is 10.2. The van der Waals surface area contributed by atoms with Gasteiger partial charge in [0.05, 0.1) is 17.1 Å². The Morgan fingerprint density at radius 3 is 2.64 bits per heavy atom. The predicted octanol–water partition coefficient (Wildman–Crippen LogP) is 4.45. The highest BCUT2D eigenvalue weighted by Gasteiger charge is 2.18. The fourth-order valence-electron chi connectivity index (χ4n) is 2.85. The fourth-order valence-corrected chi connectivity index (χ4v) is 2.85. The summed E-state index contributed by atoms with van der Waals surface area (Å²) in [5.74, 6) is 1.04. The number of hydrogen-bond donors (Lipinski definition) is 1. The number of aromatic nitrogens is 2. The second kappa shape index (κ2) is 6.32. The van der Waals surface area contributed by atoms with Crippen molar-refractivity contribution < 1.29 is 0 Å². The summed E-state index contributed by atoms with van der Waals surface area (Å²) in [6.07, 6.45) is 0. The first kappa shape index (κ1) is 14.8. The molecule has 0 saturated heterocycles. The lowest BCUT2D eigenvalue weighted by Crippen LogP contribution is -2.27. The highest BCUT2D eigenvalue weighted by atomic mass is 15.2. The zero-order valence-electron chi connectivity index (χ0n) is 13.5. The van der Waals surface area contributed by atoms with Gasteiger partial charge >= 0.3 is 0 Å². The normalized spacial score (nSPS) is 12.9. The molecule has 1 unspecified atom stereocenters. The third-order valence-corrected chi connectivity index (χ3v) is 4.23. The molecule has 0 bridgehead atoms. The Morgan fingerprint density at radius 2 is 1.91 bits per heavy atom. The van der Waals surface area contributed by atoms with E-state index in [0.29, 0.717) is 0 Å². The topological polar surface area (TPSA) is 31.9 Å². The Kier molecular flexibility index (Phi) is 4.25. The second-order valence-electron chi connectivity index (χ2n) is 5.87. The summed E-state index contributed by atoms with van der Waals surface area (Å²) in [4.78, 5) is 10.7. The molecule has 3 nitrogen and oxygen atoms in total. The highest BCUT2D eigenvalue weighted by Crippen LogP contribution is 2.23. The summed E-state index contributed by atoms with van der Waals surface area (Å²) < 4.78 is 0. The molecule has 1 heterocycles. The van der Waals surface area contributed by atoms with Crippen molar-refractivity contribution in [1.82, 2.24) is 14.9 Å². The molecular formula is C19H23N3. The summed E-state index contributed by atoms with van der Waals surface area (Å²) in [5.41, 5.74) is 4.76. The van der Waals surface area contributed by atoms with Gasteiger partial charge < -0.3 is 4.98 Å². The Hall–Kier alpha value is -2.13. The monoisotopic (exact) mass is 293 g/mol. The van der Waals surface area contributed by atoms with E-state index in [1.54, 1.807) is 0 Å². The van der Waals surface area contributed by atoms with Gasteiger partial charge in [0.25, 0.3) is 0 Å². The zero-order chi connectivity index (χ0) is 15.5. The van der Waals surface area contributed by atoms with E-state index < -0.39 is 0 Å². The molecule has 0 saturated carbocycles. The lowest BCUT2D eigenvalue weighted by molar-refractivity contribution is 0.206. The number of rotatable bonds is 5. The summed E-state index contributed by atoms with van der Waals surface area (Å²) in [6, 6.07) is 17.2. The van der Waals surface area contributed by atoms with Crippen molar-refractivity contribution in [2.24, 2.45) is 0 Å². The van der Waals surface area contributed by atoms with E-state index in [2.05, 4.69) is 79.2 Å². The molecule has 0 spiro atoms. The van der Waals surface area contributed by atoms with Crippen LogP contribution in [0.3, 0.4) is 0 Å². The van der Waals surface area contributed by atoms with Crippen LogP contribution in [0.1, 0.15) is 36.8 Å². The molecule has 1 atom stereocenters. The first-order valence-electron chi connectivity index (χ1n) is 7.91. The van der Waals surface area contributed by atoms with Gasteiger partial charge in [-0.1, -0.05) is 43.3 Å².